The Labute approximate surface area is 165 Å². The number of carbonyl (C=O) groups is 2. The van der Waals surface area contributed by atoms with E-state index in [4.69, 9.17) is 10.5 Å². The maximum absolute atomic E-state index is 12.0. The molecule has 3 aromatic rings. The standard InChI is InChI=1S/C20H15N5O2S/c21-7-8-23-19(27)12-24-18(26)10-20-25-16-6-5-15(9-17(16)28-20)14-3-1-13(11-22)2-4-14/h1-6,9H,8,10,12H2,(H,23,27)(H,24,26). The number of benzene rings is 2. The van der Waals surface area contributed by atoms with Crippen LogP contribution in [0.4, 0.5) is 0 Å². The highest BCUT2D eigenvalue weighted by atomic mass is 32.1. The maximum Gasteiger partial charge on any atom is 0.240 e. The average Bonchev–Trinajstić information content (AvgIpc) is 3.12. The highest BCUT2D eigenvalue weighted by Crippen LogP contribution is 2.28. The summed E-state index contributed by atoms with van der Waals surface area (Å²) in [6.07, 6.45) is 0.0804. The predicted octanol–water partition coefficient (Wildman–Crippen LogP) is 2.13. The lowest BCUT2D eigenvalue weighted by Crippen LogP contribution is -2.37. The summed E-state index contributed by atoms with van der Waals surface area (Å²) in [7, 11) is 0. The molecule has 0 bridgehead atoms. The highest BCUT2D eigenvalue weighted by Gasteiger charge is 2.11. The number of nitrogens with one attached hydrogen (secondary N) is 2. The molecular weight excluding hydrogens is 374 g/mol. The first-order valence-corrected chi connectivity index (χ1v) is 9.21. The topological polar surface area (TPSA) is 119 Å². The van der Waals surface area contributed by atoms with Gasteiger partial charge in [0.2, 0.25) is 11.8 Å². The molecule has 0 aliphatic carbocycles. The molecule has 0 spiro atoms. The van der Waals surface area contributed by atoms with Crippen molar-refractivity contribution < 1.29 is 9.59 Å². The van der Waals surface area contributed by atoms with Crippen LogP contribution in [0.25, 0.3) is 21.3 Å². The van der Waals surface area contributed by atoms with Crippen LogP contribution in [0.3, 0.4) is 0 Å². The number of fused-ring (bicyclic) bond motifs is 1. The number of hydrogen-bond acceptors (Lipinski definition) is 6. The van der Waals surface area contributed by atoms with Crippen molar-refractivity contribution in [1.29, 1.82) is 10.5 Å². The third kappa shape index (κ3) is 4.70. The van der Waals surface area contributed by atoms with E-state index < -0.39 is 5.91 Å². The SMILES string of the molecule is N#CCNC(=O)CNC(=O)Cc1nc2ccc(-c3ccc(C#N)cc3)cc2s1. The number of nitriles is 2. The fourth-order valence-electron chi connectivity index (χ4n) is 2.54. The smallest absolute Gasteiger partial charge is 0.240 e. The van der Waals surface area contributed by atoms with Crippen molar-refractivity contribution >= 4 is 33.4 Å². The summed E-state index contributed by atoms with van der Waals surface area (Å²) in [5, 5.41) is 22.8. The van der Waals surface area contributed by atoms with Crippen LogP contribution in [0.2, 0.25) is 0 Å². The lowest BCUT2D eigenvalue weighted by atomic mass is 10.0. The second-order valence-electron chi connectivity index (χ2n) is 5.87. The molecule has 0 unspecified atom stereocenters. The predicted molar refractivity (Wildman–Crippen MR) is 105 cm³/mol. The van der Waals surface area contributed by atoms with Crippen molar-refractivity contribution in [3.8, 4) is 23.3 Å². The van der Waals surface area contributed by atoms with Gasteiger partial charge in [0.1, 0.15) is 11.6 Å². The van der Waals surface area contributed by atoms with E-state index in [0.717, 1.165) is 21.3 Å². The number of amides is 2. The van der Waals surface area contributed by atoms with Crippen molar-refractivity contribution in [2.24, 2.45) is 0 Å². The molecule has 2 aromatic carbocycles. The van der Waals surface area contributed by atoms with Gasteiger partial charge in [-0.25, -0.2) is 4.98 Å². The van der Waals surface area contributed by atoms with Crippen molar-refractivity contribution in [3.05, 3.63) is 53.0 Å². The van der Waals surface area contributed by atoms with Gasteiger partial charge in [0.25, 0.3) is 0 Å². The number of thiazole rings is 1. The Morgan fingerprint density at radius 2 is 1.75 bits per heavy atom. The van der Waals surface area contributed by atoms with Crippen LogP contribution in [0.15, 0.2) is 42.5 Å². The van der Waals surface area contributed by atoms with Crippen LogP contribution < -0.4 is 10.6 Å². The summed E-state index contributed by atoms with van der Waals surface area (Å²) in [6.45, 7) is -0.262. The molecule has 8 heteroatoms. The van der Waals surface area contributed by atoms with E-state index in [2.05, 4.69) is 21.7 Å². The zero-order chi connectivity index (χ0) is 19.9. The molecule has 0 saturated carbocycles. The fraction of sp³-hybridized carbons (Fsp3) is 0.150. The van der Waals surface area contributed by atoms with Gasteiger partial charge in [-0.15, -0.1) is 11.3 Å². The highest BCUT2D eigenvalue weighted by molar-refractivity contribution is 7.18. The molecule has 3 rings (SSSR count). The summed E-state index contributed by atoms with van der Waals surface area (Å²) in [5.74, 6) is -0.718. The van der Waals surface area contributed by atoms with Gasteiger partial charge in [0.15, 0.2) is 0 Å². The van der Waals surface area contributed by atoms with E-state index in [0.29, 0.717) is 10.6 Å². The van der Waals surface area contributed by atoms with Crippen LogP contribution in [0.5, 0.6) is 0 Å². The summed E-state index contributed by atoms with van der Waals surface area (Å²) in [6, 6.07) is 17.1. The molecule has 0 aliphatic rings. The molecular formula is C20H15N5O2S. The Kier molecular flexibility index (Phi) is 5.95. The number of hydrogen-bond donors (Lipinski definition) is 2. The van der Waals surface area contributed by atoms with Gasteiger partial charge in [0, 0.05) is 0 Å². The Hall–Kier alpha value is -3.75. The van der Waals surface area contributed by atoms with Gasteiger partial charge in [-0.1, -0.05) is 18.2 Å². The molecule has 0 saturated heterocycles. The molecule has 0 radical (unpaired) electrons. The summed E-state index contributed by atoms with van der Waals surface area (Å²) < 4.78 is 0.955. The lowest BCUT2D eigenvalue weighted by Gasteiger charge is -2.03. The Balaban J connectivity index is 1.67. The van der Waals surface area contributed by atoms with E-state index in [1.54, 1.807) is 18.2 Å². The molecule has 1 heterocycles. The molecule has 0 atom stereocenters. The van der Waals surface area contributed by atoms with Gasteiger partial charge < -0.3 is 10.6 Å². The lowest BCUT2D eigenvalue weighted by molar-refractivity contribution is -0.125. The molecule has 1 aromatic heterocycles. The van der Waals surface area contributed by atoms with E-state index in [1.165, 1.54) is 11.3 Å². The summed E-state index contributed by atoms with van der Waals surface area (Å²) in [5.41, 5.74) is 3.41. The molecule has 0 fully saturated rings. The van der Waals surface area contributed by atoms with E-state index >= 15 is 0 Å². The van der Waals surface area contributed by atoms with E-state index in [1.807, 2.05) is 30.3 Å². The van der Waals surface area contributed by atoms with Crippen LogP contribution in [-0.4, -0.2) is 29.9 Å². The van der Waals surface area contributed by atoms with Crippen LogP contribution in [0, 0.1) is 22.7 Å². The second kappa shape index (κ2) is 8.76. The van der Waals surface area contributed by atoms with Crippen molar-refractivity contribution in [1.82, 2.24) is 15.6 Å². The molecule has 2 amide bonds. The Bertz CT molecular complexity index is 1110. The van der Waals surface area contributed by atoms with Gasteiger partial charge in [-0.05, 0) is 35.4 Å². The van der Waals surface area contributed by atoms with Gasteiger partial charge in [-0.3, -0.25) is 9.59 Å². The summed E-state index contributed by atoms with van der Waals surface area (Å²) in [4.78, 5) is 27.9. The minimum atomic E-state index is -0.411. The second-order valence-corrected chi connectivity index (χ2v) is 6.98. The Morgan fingerprint density at radius 3 is 2.46 bits per heavy atom. The summed E-state index contributed by atoms with van der Waals surface area (Å²) >= 11 is 1.42. The van der Waals surface area contributed by atoms with Crippen LogP contribution in [-0.2, 0) is 16.0 Å². The van der Waals surface area contributed by atoms with Crippen LogP contribution >= 0.6 is 11.3 Å². The minimum Gasteiger partial charge on any atom is -0.347 e. The molecule has 0 aliphatic heterocycles. The largest absolute Gasteiger partial charge is 0.347 e. The van der Waals surface area contributed by atoms with E-state index in [-0.39, 0.29) is 25.4 Å². The zero-order valence-corrected chi connectivity index (χ0v) is 15.5. The molecule has 28 heavy (non-hydrogen) atoms. The molecule has 138 valence electrons. The zero-order valence-electron chi connectivity index (χ0n) is 14.7. The van der Waals surface area contributed by atoms with Crippen molar-refractivity contribution in [2.75, 3.05) is 13.1 Å². The van der Waals surface area contributed by atoms with Gasteiger partial charge in [-0.2, -0.15) is 10.5 Å². The quantitative estimate of drug-likeness (QED) is 0.626. The first-order valence-electron chi connectivity index (χ1n) is 8.39. The monoisotopic (exact) mass is 389 g/mol. The Morgan fingerprint density at radius 1 is 1.00 bits per heavy atom. The van der Waals surface area contributed by atoms with Gasteiger partial charge in [0.05, 0.1) is 40.9 Å². The number of rotatable bonds is 6. The van der Waals surface area contributed by atoms with Crippen LogP contribution in [0.1, 0.15) is 10.6 Å². The molecule has 2 N–H and O–H groups in total. The third-order valence-electron chi connectivity index (χ3n) is 3.90. The number of carbonyl (C=O) groups excluding carboxylic acids is 2. The van der Waals surface area contributed by atoms with Gasteiger partial charge >= 0.3 is 0 Å². The average molecular weight is 389 g/mol. The number of aromatic nitrogens is 1. The number of nitrogens with zero attached hydrogens (tertiary/aromatic N) is 3. The maximum atomic E-state index is 12.0. The minimum absolute atomic E-state index is 0.0804. The normalized spacial score (nSPS) is 10.1. The van der Waals surface area contributed by atoms with Crippen molar-refractivity contribution in [2.45, 2.75) is 6.42 Å². The van der Waals surface area contributed by atoms with Crippen molar-refractivity contribution in [3.63, 3.8) is 0 Å². The molecule has 7 nitrogen and oxygen atoms in total. The first kappa shape index (κ1) is 19.0. The van der Waals surface area contributed by atoms with E-state index in [9.17, 15) is 9.59 Å². The fourth-order valence-corrected chi connectivity index (χ4v) is 3.55. The first-order chi connectivity index (χ1) is 13.6. The third-order valence-corrected chi connectivity index (χ3v) is 4.92.